The first-order valence-corrected chi connectivity index (χ1v) is 8.70. The normalized spacial score (nSPS) is 11.1. The summed E-state index contributed by atoms with van der Waals surface area (Å²) in [6, 6.07) is 11.8. The molecule has 134 valence electrons. The highest BCUT2D eigenvalue weighted by Crippen LogP contribution is 2.14. The van der Waals surface area contributed by atoms with Gasteiger partial charge in [0.1, 0.15) is 5.75 Å². The van der Waals surface area contributed by atoms with Crippen molar-refractivity contribution < 1.29 is 19.1 Å². The molecule has 2 aromatic rings. The van der Waals surface area contributed by atoms with E-state index in [0.29, 0.717) is 16.2 Å². The van der Waals surface area contributed by atoms with E-state index >= 15 is 0 Å². The summed E-state index contributed by atoms with van der Waals surface area (Å²) in [4.78, 5) is 36.1. The quantitative estimate of drug-likeness (QED) is 0.573. The van der Waals surface area contributed by atoms with E-state index in [0.717, 1.165) is 0 Å². The second-order valence-corrected chi connectivity index (χ2v) is 6.28. The van der Waals surface area contributed by atoms with E-state index in [4.69, 9.17) is 10.00 Å². The van der Waals surface area contributed by atoms with Crippen LogP contribution in [0.25, 0.3) is 0 Å². The Kier molecular flexibility index (Phi) is 6.88. The summed E-state index contributed by atoms with van der Waals surface area (Å²) < 4.78 is 5.43. The van der Waals surface area contributed by atoms with Gasteiger partial charge in [-0.2, -0.15) is 5.26 Å². The van der Waals surface area contributed by atoms with Gasteiger partial charge in [-0.25, -0.2) is 0 Å². The molecule has 0 bridgehead atoms. The summed E-state index contributed by atoms with van der Waals surface area (Å²) in [6.45, 7) is 1.53. The third-order valence-corrected chi connectivity index (χ3v) is 4.28. The van der Waals surface area contributed by atoms with Crippen molar-refractivity contribution in [2.45, 2.75) is 25.9 Å². The van der Waals surface area contributed by atoms with Gasteiger partial charge in [-0.15, -0.1) is 11.3 Å². The van der Waals surface area contributed by atoms with Gasteiger partial charge in [0.2, 0.25) is 5.91 Å². The van der Waals surface area contributed by atoms with Crippen molar-refractivity contribution in [3.63, 3.8) is 0 Å². The Morgan fingerprint density at radius 2 is 1.88 bits per heavy atom. The maximum atomic E-state index is 11.9. The minimum atomic E-state index is -0.851. The lowest BCUT2D eigenvalue weighted by molar-refractivity contribution is -0.132. The Hall–Kier alpha value is -3.18. The molecule has 0 unspecified atom stereocenters. The van der Waals surface area contributed by atoms with Crippen molar-refractivity contribution >= 4 is 28.9 Å². The van der Waals surface area contributed by atoms with Crippen molar-refractivity contribution in [2.24, 2.45) is 0 Å². The summed E-state index contributed by atoms with van der Waals surface area (Å²) in [5.41, 5.74) is 5.00. The second-order valence-electron chi connectivity index (χ2n) is 5.33. The van der Waals surface area contributed by atoms with Gasteiger partial charge in [0, 0.05) is 12.8 Å². The zero-order valence-corrected chi connectivity index (χ0v) is 14.8. The van der Waals surface area contributed by atoms with Crippen LogP contribution in [0.1, 0.15) is 35.0 Å². The van der Waals surface area contributed by atoms with Crippen LogP contribution in [0.3, 0.4) is 0 Å². The third-order valence-electron chi connectivity index (χ3n) is 3.37. The summed E-state index contributed by atoms with van der Waals surface area (Å²) in [6.07, 6.45) is -0.808. The van der Waals surface area contributed by atoms with E-state index in [9.17, 15) is 14.4 Å². The fraction of sp³-hybridized carbons (Fsp3) is 0.222. The molecule has 0 saturated heterocycles. The molecule has 2 amide bonds. The number of thiophene rings is 1. The number of Topliss-reactive ketones (excluding diaryl/α,β-unsaturated/α-hetero) is 1. The number of amides is 2. The van der Waals surface area contributed by atoms with Crippen LogP contribution in [0.5, 0.6) is 5.75 Å². The number of benzene rings is 1. The highest BCUT2D eigenvalue weighted by atomic mass is 32.1. The van der Waals surface area contributed by atoms with Gasteiger partial charge in [0.05, 0.1) is 16.5 Å². The number of nitrogens with one attached hydrogen (secondary N) is 2. The predicted molar refractivity (Wildman–Crippen MR) is 95.4 cm³/mol. The summed E-state index contributed by atoms with van der Waals surface area (Å²) >= 11 is 1.32. The first-order valence-electron chi connectivity index (χ1n) is 7.82. The van der Waals surface area contributed by atoms with Gasteiger partial charge < -0.3 is 4.74 Å². The number of hydrazine groups is 1. The molecule has 2 rings (SSSR count). The van der Waals surface area contributed by atoms with E-state index in [-0.39, 0.29) is 18.6 Å². The number of hydrogen-bond acceptors (Lipinski definition) is 6. The lowest BCUT2D eigenvalue weighted by Gasteiger charge is -2.15. The average Bonchev–Trinajstić information content (AvgIpc) is 3.19. The molecule has 7 nitrogen and oxygen atoms in total. The Morgan fingerprint density at radius 1 is 1.15 bits per heavy atom. The molecule has 0 spiro atoms. The van der Waals surface area contributed by atoms with Crippen molar-refractivity contribution in [2.75, 3.05) is 0 Å². The molecule has 1 heterocycles. The molecule has 0 aliphatic rings. The minimum Gasteiger partial charge on any atom is -0.481 e. The first-order chi connectivity index (χ1) is 12.5. The lowest BCUT2D eigenvalue weighted by atomic mass is 10.2. The van der Waals surface area contributed by atoms with Crippen LogP contribution < -0.4 is 15.6 Å². The maximum absolute atomic E-state index is 11.9. The van der Waals surface area contributed by atoms with Gasteiger partial charge in [-0.05, 0) is 42.6 Å². The highest BCUT2D eigenvalue weighted by molar-refractivity contribution is 7.12. The second kappa shape index (κ2) is 9.34. The largest absolute Gasteiger partial charge is 0.481 e. The fourth-order valence-corrected chi connectivity index (χ4v) is 2.64. The van der Waals surface area contributed by atoms with E-state index < -0.39 is 17.9 Å². The number of rotatable bonds is 7. The van der Waals surface area contributed by atoms with Gasteiger partial charge in [0.25, 0.3) is 5.91 Å². The Balaban J connectivity index is 1.71. The number of carbonyl (C=O) groups is 3. The summed E-state index contributed by atoms with van der Waals surface area (Å²) in [7, 11) is 0. The Bertz CT molecular complexity index is 810. The number of hydrogen-bond donors (Lipinski definition) is 2. The molecule has 0 saturated carbocycles. The molecule has 1 aromatic heterocycles. The zero-order chi connectivity index (χ0) is 18.9. The molecular weight excluding hydrogens is 354 g/mol. The molecule has 1 atom stereocenters. The molecule has 0 aliphatic heterocycles. The monoisotopic (exact) mass is 371 g/mol. The number of ketones is 1. The summed E-state index contributed by atoms with van der Waals surface area (Å²) in [5.74, 6) is -0.681. The van der Waals surface area contributed by atoms with Crippen LogP contribution in [0, 0.1) is 11.3 Å². The number of nitriles is 1. The van der Waals surface area contributed by atoms with Gasteiger partial charge >= 0.3 is 0 Å². The molecule has 8 heteroatoms. The highest BCUT2D eigenvalue weighted by Gasteiger charge is 2.16. The average molecular weight is 371 g/mol. The molecular formula is C18H17N3O4S. The van der Waals surface area contributed by atoms with Crippen molar-refractivity contribution in [1.29, 1.82) is 5.26 Å². The van der Waals surface area contributed by atoms with E-state index in [1.165, 1.54) is 18.3 Å². The van der Waals surface area contributed by atoms with Crippen LogP contribution in [-0.4, -0.2) is 23.7 Å². The Morgan fingerprint density at radius 3 is 2.50 bits per heavy atom. The summed E-state index contributed by atoms with van der Waals surface area (Å²) in [5, 5.41) is 10.5. The number of carbonyl (C=O) groups excluding carboxylic acids is 3. The van der Waals surface area contributed by atoms with Crippen LogP contribution in [-0.2, 0) is 9.59 Å². The molecule has 0 aliphatic carbocycles. The van der Waals surface area contributed by atoms with Gasteiger partial charge in [-0.1, -0.05) is 6.07 Å². The van der Waals surface area contributed by atoms with Crippen molar-refractivity contribution in [3.8, 4) is 11.8 Å². The lowest BCUT2D eigenvalue weighted by Crippen LogP contribution is -2.47. The minimum absolute atomic E-state index is 0.0259. The van der Waals surface area contributed by atoms with Gasteiger partial charge in [0.15, 0.2) is 11.9 Å². The van der Waals surface area contributed by atoms with E-state index in [1.807, 2.05) is 6.07 Å². The van der Waals surface area contributed by atoms with Crippen molar-refractivity contribution in [3.05, 3.63) is 52.2 Å². The SMILES string of the molecule is C[C@H](Oc1ccc(C#N)cc1)C(=O)NNC(=O)CCC(=O)c1cccs1. The van der Waals surface area contributed by atoms with Crippen molar-refractivity contribution in [1.82, 2.24) is 10.9 Å². The third kappa shape index (κ3) is 5.72. The molecule has 26 heavy (non-hydrogen) atoms. The fourth-order valence-electron chi connectivity index (χ4n) is 1.95. The van der Waals surface area contributed by atoms with E-state index in [2.05, 4.69) is 10.9 Å². The molecule has 2 N–H and O–H groups in total. The van der Waals surface area contributed by atoms with Gasteiger partial charge in [-0.3, -0.25) is 25.2 Å². The molecule has 0 fully saturated rings. The van der Waals surface area contributed by atoms with Crippen LogP contribution in [0.15, 0.2) is 41.8 Å². The topological polar surface area (TPSA) is 108 Å². The standard InChI is InChI=1S/C18H17N3O4S/c1-12(25-14-6-4-13(11-19)5-7-14)18(24)21-20-17(23)9-8-15(22)16-3-2-10-26-16/h2-7,10,12H,8-9H2,1H3,(H,20,23)(H,21,24)/t12-/m0/s1. The van der Waals surface area contributed by atoms with Crippen LogP contribution in [0.2, 0.25) is 0 Å². The predicted octanol–water partition coefficient (Wildman–Crippen LogP) is 2.20. The van der Waals surface area contributed by atoms with Crippen LogP contribution >= 0.6 is 11.3 Å². The zero-order valence-electron chi connectivity index (χ0n) is 14.0. The molecule has 0 radical (unpaired) electrons. The van der Waals surface area contributed by atoms with Crippen LogP contribution in [0.4, 0.5) is 0 Å². The number of ether oxygens (including phenoxy) is 1. The Labute approximate surface area is 154 Å². The maximum Gasteiger partial charge on any atom is 0.279 e. The van der Waals surface area contributed by atoms with E-state index in [1.54, 1.807) is 41.8 Å². The molecule has 1 aromatic carbocycles. The smallest absolute Gasteiger partial charge is 0.279 e. The number of nitrogens with zero attached hydrogens (tertiary/aromatic N) is 1. The first kappa shape index (κ1) is 19.1.